The summed E-state index contributed by atoms with van der Waals surface area (Å²) >= 11 is 0. The number of hydrogen-bond donors (Lipinski definition) is 2. The molecule has 1 amide bonds. The Morgan fingerprint density at radius 1 is 1.52 bits per heavy atom. The second-order valence-electron chi connectivity index (χ2n) is 5.89. The maximum Gasteiger partial charge on any atom is 0.292 e. The lowest BCUT2D eigenvalue weighted by molar-refractivity contribution is -0.384. The van der Waals surface area contributed by atoms with E-state index in [0.29, 0.717) is 6.54 Å². The highest BCUT2D eigenvalue weighted by Gasteiger charge is 2.37. The highest BCUT2D eigenvalue weighted by Crippen LogP contribution is 2.32. The first kappa shape index (κ1) is 15.4. The zero-order valence-electron chi connectivity index (χ0n) is 12.0. The number of carbonyl (C=O) groups excluding carboxylic acids is 1. The van der Waals surface area contributed by atoms with Crippen molar-refractivity contribution in [2.45, 2.75) is 32.7 Å². The van der Waals surface area contributed by atoms with Gasteiger partial charge in [0.05, 0.1) is 11.0 Å². The fourth-order valence-electron chi connectivity index (χ4n) is 2.63. The number of carbonyl (C=O) groups is 1. The van der Waals surface area contributed by atoms with Gasteiger partial charge < -0.3 is 10.6 Å². The molecule has 2 N–H and O–H groups in total. The molecule has 1 heterocycles. The van der Waals surface area contributed by atoms with Crippen LogP contribution < -0.4 is 10.6 Å². The molecule has 1 fully saturated rings. The number of nitro groups is 1. The predicted molar refractivity (Wildman–Crippen MR) is 76.5 cm³/mol. The second-order valence-corrected chi connectivity index (χ2v) is 5.89. The van der Waals surface area contributed by atoms with Crippen LogP contribution in [-0.2, 0) is 4.79 Å². The van der Waals surface area contributed by atoms with Crippen LogP contribution in [-0.4, -0.2) is 23.4 Å². The summed E-state index contributed by atoms with van der Waals surface area (Å²) in [5.41, 5.74) is -0.698. The summed E-state index contributed by atoms with van der Waals surface area (Å²) in [5.74, 6) is -1.01. The first-order valence-electron chi connectivity index (χ1n) is 6.79. The van der Waals surface area contributed by atoms with E-state index in [1.165, 1.54) is 0 Å². The minimum absolute atomic E-state index is 0.117. The molecule has 1 aromatic carbocycles. The largest absolute Gasteiger partial charge is 0.319 e. The van der Waals surface area contributed by atoms with E-state index in [4.69, 9.17) is 0 Å². The Balaban J connectivity index is 2.23. The fraction of sp³-hybridized carbons (Fsp3) is 0.500. The van der Waals surface area contributed by atoms with Crippen LogP contribution in [0.5, 0.6) is 0 Å². The minimum atomic E-state index is -0.644. The summed E-state index contributed by atoms with van der Waals surface area (Å²) in [6.07, 6.45) is 1.85. The Morgan fingerprint density at radius 2 is 2.24 bits per heavy atom. The van der Waals surface area contributed by atoms with Crippen molar-refractivity contribution in [3.8, 4) is 0 Å². The smallest absolute Gasteiger partial charge is 0.292 e. The lowest BCUT2D eigenvalue weighted by Crippen LogP contribution is -2.53. The van der Waals surface area contributed by atoms with E-state index >= 15 is 0 Å². The number of hydrogen-bond acceptors (Lipinski definition) is 4. The molecule has 6 nitrogen and oxygen atoms in total. The van der Waals surface area contributed by atoms with Crippen LogP contribution in [0.2, 0.25) is 0 Å². The summed E-state index contributed by atoms with van der Waals surface area (Å²) in [6, 6.07) is 2.54. The van der Waals surface area contributed by atoms with Gasteiger partial charge in [-0.25, -0.2) is 4.39 Å². The van der Waals surface area contributed by atoms with Crippen LogP contribution in [0.25, 0.3) is 0 Å². The van der Waals surface area contributed by atoms with Crippen LogP contribution >= 0.6 is 0 Å². The molecule has 1 atom stereocenters. The number of nitrogens with one attached hydrogen (secondary N) is 2. The molecular formula is C14H18FN3O3. The zero-order chi connectivity index (χ0) is 15.6. The Labute approximate surface area is 121 Å². The lowest BCUT2D eigenvalue weighted by Gasteiger charge is -2.38. The summed E-state index contributed by atoms with van der Waals surface area (Å²) in [5, 5.41) is 16.5. The monoisotopic (exact) mass is 295 g/mol. The average molecular weight is 295 g/mol. The van der Waals surface area contributed by atoms with Crippen molar-refractivity contribution in [3.63, 3.8) is 0 Å². The number of anilines is 1. The minimum Gasteiger partial charge on any atom is -0.319 e. The van der Waals surface area contributed by atoms with Crippen molar-refractivity contribution in [2.75, 3.05) is 11.9 Å². The molecule has 1 unspecified atom stereocenters. The van der Waals surface area contributed by atoms with Crippen LogP contribution in [0.4, 0.5) is 15.8 Å². The number of halogens is 1. The van der Waals surface area contributed by atoms with Gasteiger partial charge in [-0.15, -0.1) is 0 Å². The van der Waals surface area contributed by atoms with E-state index in [0.717, 1.165) is 31.0 Å². The molecular weight excluding hydrogens is 277 g/mol. The van der Waals surface area contributed by atoms with Crippen molar-refractivity contribution >= 4 is 17.3 Å². The number of piperidine rings is 1. The standard InChI is InChI=1S/C14H18FN3O3/c1-14(2)6-3-7-16-12(14)13(19)17-10-8-9(15)4-5-11(10)18(20)21/h4-5,8,12,16H,3,6-7H2,1-2H3,(H,17,19). The summed E-state index contributed by atoms with van der Waals surface area (Å²) in [7, 11) is 0. The van der Waals surface area contributed by atoms with Crippen LogP contribution in [0, 0.1) is 21.3 Å². The summed E-state index contributed by atoms with van der Waals surface area (Å²) in [6.45, 7) is 4.64. The second kappa shape index (κ2) is 5.77. The van der Waals surface area contributed by atoms with Crippen molar-refractivity contribution in [2.24, 2.45) is 5.41 Å². The third kappa shape index (κ3) is 3.36. The molecule has 1 saturated heterocycles. The molecule has 114 valence electrons. The van der Waals surface area contributed by atoms with Crippen LogP contribution in [0.3, 0.4) is 0 Å². The highest BCUT2D eigenvalue weighted by atomic mass is 19.1. The Morgan fingerprint density at radius 3 is 2.86 bits per heavy atom. The molecule has 0 radical (unpaired) electrons. The van der Waals surface area contributed by atoms with E-state index < -0.39 is 16.8 Å². The maximum absolute atomic E-state index is 13.3. The van der Waals surface area contributed by atoms with Crippen molar-refractivity contribution in [1.82, 2.24) is 5.32 Å². The molecule has 0 bridgehead atoms. The molecule has 2 rings (SSSR count). The van der Waals surface area contributed by atoms with Gasteiger partial charge in [-0.1, -0.05) is 13.8 Å². The molecule has 0 saturated carbocycles. The van der Waals surface area contributed by atoms with Crippen molar-refractivity contribution in [3.05, 3.63) is 34.1 Å². The molecule has 1 aliphatic rings. The summed E-state index contributed by atoms with van der Waals surface area (Å²) < 4.78 is 13.3. The highest BCUT2D eigenvalue weighted by molar-refractivity contribution is 5.97. The fourth-order valence-corrected chi connectivity index (χ4v) is 2.63. The molecule has 0 aromatic heterocycles. The predicted octanol–water partition coefficient (Wildman–Crippen LogP) is 2.45. The van der Waals surface area contributed by atoms with Crippen molar-refractivity contribution < 1.29 is 14.1 Å². The van der Waals surface area contributed by atoms with Gasteiger partial charge in [-0.2, -0.15) is 0 Å². The quantitative estimate of drug-likeness (QED) is 0.662. The number of nitro benzene ring substituents is 1. The van der Waals surface area contributed by atoms with E-state index in [9.17, 15) is 19.3 Å². The third-order valence-corrected chi connectivity index (χ3v) is 3.80. The molecule has 0 aliphatic carbocycles. The van der Waals surface area contributed by atoms with Crippen molar-refractivity contribution in [1.29, 1.82) is 0 Å². The SMILES string of the molecule is CC1(C)CCCNC1C(=O)Nc1cc(F)ccc1[N+](=O)[O-]. The van der Waals surface area contributed by atoms with Gasteiger partial charge in [0.25, 0.3) is 5.69 Å². The van der Waals surface area contributed by atoms with Gasteiger partial charge >= 0.3 is 0 Å². The van der Waals surface area contributed by atoms with Gasteiger partial charge in [0.2, 0.25) is 5.91 Å². The molecule has 0 spiro atoms. The first-order chi connectivity index (χ1) is 9.81. The van der Waals surface area contributed by atoms with Gasteiger partial charge in [0.1, 0.15) is 11.5 Å². The number of benzene rings is 1. The normalized spacial score (nSPS) is 20.8. The third-order valence-electron chi connectivity index (χ3n) is 3.80. The van der Waals surface area contributed by atoms with E-state index in [-0.39, 0.29) is 22.7 Å². The molecule has 1 aromatic rings. The maximum atomic E-state index is 13.3. The average Bonchev–Trinajstić information content (AvgIpc) is 2.37. The summed E-state index contributed by atoms with van der Waals surface area (Å²) in [4.78, 5) is 22.6. The lowest BCUT2D eigenvalue weighted by atomic mass is 9.77. The van der Waals surface area contributed by atoms with E-state index in [1.807, 2.05) is 13.8 Å². The molecule has 21 heavy (non-hydrogen) atoms. The van der Waals surface area contributed by atoms with Crippen LogP contribution in [0.1, 0.15) is 26.7 Å². The Hall–Kier alpha value is -2.02. The van der Waals surface area contributed by atoms with Gasteiger partial charge in [0.15, 0.2) is 0 Å². The van der Waals surface area contributed by atoms with E-state index in [1.54, 1.807) is 0 Å². The van der Waals surface area contributed by atoms with Gasteiger partial charge in [0, 0.05) is 12.1 Å². The molecule has 1 aliphatic heterocycles. The topological polar surface area (TPSA) is 84.3 Å². The van der Waals surface area contributed by atoms with E-state index in [2.05, 4.69) is 10.6 Å². The van der Waals surface area contributed by atoms with Gasteiger partial charge in [-0.3, -0.25) is 14.9 Å². The van der Waals surface area contributed by atoms with Gasteiger partial charge in [-0.05, 0) is 30.9 Å². The molecule has 7 heteroatoms. The van der Waals surface area contributed by atoms with Crippen LogP contribution in [0.15, 0.2) is 18.2 Å². The Kier molecular flexibility index (Phi) is 4.22. The first-order valence-corrected chi connectivity index (χ1v) is 6.79. The zero-order valence-corrected chi connectivity index (χ0v) is 12.0. The number of rotatable bonds is 3. The number of amides is 1. The Bertz CT molecular complexity index is 575. The number of nitrogens with zero attached hydrogens (tertiary/aromatic N) is 1.